The molecule has 5 rings (SSSR count). The Kier molecular flexibility index (Phi) is 6.47. The highest BCUT2D eigenvalue weighted by Gasteiger charge is 2.33. The maximum absolute atomic E-state index is 12.6. The van der Waals surface area contributed by atoms with Gasteiger partial charge in [0.25, 0.3) is 0 Å². The highest BCUT2D eigenvalue weighted by atomic mass is 16.5. The first kappa shape index (κ1) is 24.0. The van der Waals surface area contributed by atoms with E-state index in [1.807, 2.05) is 43.3 Å². The van der Waals surface area contributed by atoms with Gasteiger partial charge in [0.05, 0.1) is 36.9 Å². The summed E-state index contributed by atoms with van der Waals surface area (Å²) < 4.78 is 12.7. The average Bonchev–Trinajstić information content (AvgIpc) is 3.26. The fraction of sp³-hybridized carbons (Fsp3) is 0.444. The van der Waals surface area contributed by atoms with Crippen molar-refractivity contribution in [1.82, 2.24) is 9.55 Å². The number of imidazole rings is 1. The third kappa shape index (κ3) is 4.23. The lowest BCUT2D eigenvalue weighted by Crippen LogP contribution is -2.42. The van der Waals surface area contributed by atoms with E-state index in [0.29, 0.717) is 18.8 Å². The minimum atomic E-state index is -0.718. The number of methoxy groups -OCH3 is 2. The number of nitrogens with one attached hydrogen (secondary N) is 1. The molecule has 9 heteroatoms. The van der Waals surface area contributed by atoms with Gasteiger partial charge in [0.1, 0.15) is 5.75 Å². The van der Waals surface area contributed by atoms with Crippen LogP contribution in [-0.2, 0) is 16.0 Å². The van der Waals surface area contributed by atoms with Crippen LogP contribution in [0.4, 0.5) is 22.1 Å². The molecule has 190 valence electrons. The third-order valence-electron chi connectivity index (χ3n) is 7.56. The topological polar surface area (TPSA) is 106 Å². The number of rotatable bonds is 5. The molecule has 1 aliphatic heterocycles. The number of ether oxygens (including phenoxy) is 2. The first-order valence-electron chi connectivity index (χ1n) is 12.5. The summed E-state index contributed by atoms with van der Waals surface area (Å²) in [4.78, 5) is 30.9. The minimum Gasteiger partial charge on any atom is -0.497 e. The Morgan fingerprint density at radius 2 is 1.86 bits per heavy atom. The molecular formula is C27H32N4O5. The second-order valence-electron chi connectivity index (χ2n) is 9.66. The molecule has 1 amide bonds. The van der Waals surface area contributed by atoms with Crippen molar-refractivity contribution >= 4 is 40.4 Å². The van der Waals surface area contributed by atoms with Crippen LogP contribution >= 0.6 is 0 Å². The molecule has 9 nitrogen and oxygen atoms in total. The Morgan fingerprint density at radius 1 is 1.08 bits per heavy atom. The van der Waals surface area contributed by atoms with Gasteiger partial charge in [-0.15, -0.1) is 0 Å². The lowest BCUT2D eigenvalue weighted by molar-refractivity contribution is -0.143. The Bertz CT molecular complexity index is 1290. The van der Waals surface area contributed by atoms with Crippen LogP contribution < -0.4 is 15.0 Å². The number of benzene rings is 2. The van der Waals surface area contributed by atoms with Gasteiger partial charge in [-0.1, -0.05) is 6.07 Å². The summed E-state index contributed by atoms with van der Waals surface area (Å²) in [5.41, 5.74) is 4.56. The molecule has 1 fully saturated rings. The predicted molar refractivity (Wildman–Crippen MR) is 137 cm³/mol. The predicted octanol–water partition coefficient (Wildman–Crippen LogP) is 5.51. The number of anilines is 3. The van der Waals surface area contributed by atoms with Gasteiger partial charge in [0.2, 0.25) is 5.95 Å². The number of hydrogen-bond acceptors (Lipinski definition) is 6. The Hall–Kier alpha value is -3.75. The van der Waals surface area contributed by atoms with E-state index < -0.39 is 5.97 Å². The molecule has 36 heavy (non-hydrogen) atoms. The Labute approximate surface area is 210 Å². The van der Waals surface area contributed by atoms with Crippen LogP contribution in [0.3, 0.4) is 0 Å². The fourth-order valence-electron chi connectivity index (χ4n) is 5.64. The zero-order valence-corrected chi connectivity index (χ0v) is 20.9. The van der Waals surface area contributed by atoms with E-state index in [1.54, 1.807) is 12.0 Å². The molecule has 0 spiro atoms. The van der Waals surface area contributed by atoms with Crippen LogP contribution in [0.2, 0.25) is 0 Å². The zero-order valence-electron chi connectivity index (χ0n) is 20.9. The molecule has 2 heterocycles. The number of aromatic nitrogens is 2. The largest absolute Gasteiger partial charge is 0.497 e. The Balaban J connectivity index is 1.61. The maximum Gasteiger partial charge on any atom is 0.414 e. The number of carbonyl (C=O) groups is 2. The van der Waals surface area contributed by atoms with Crippen LogP contribution in [0.25, 0.3) is 11.0 Å². The summed E-state index contributed by atoms with van der Waals surface area (Å²) in [6.07, 6.45) is 4.05. The molecule has 1 atom stereocenters. The van der Waals surface area contributed by atoms with E-state index in [0.717, 1.165) is 59.4 Å². The highest BCUT2D eigenvalue weighted by molar-refractivity contribution is 5.96. The van der Waals surface area contributed by atoms with Crippen LogP contribution in [-0.4, -0.2) is 47.0 Å². The number of nitrogens with zero attached hydrogens (tertiary/aromatic N) is 3. The van der Waals surface area contributed by atoms with Gasteiger partial charge < -0.3 is 24.5 Å². The Morgan fingerprint density at radius 3 is 2.56 bits per heavy atom. The molecule has 2 aromatic carbocycles. The monoisotopic (exact) mass is 492 g/mol. The van der Waals surface area contributed by atoms with Crippen molar-refractivity contribution in [3.63, 3.8) is 0 Å². The lowest BCUT2D eigenvalue weighted by Gasteiger charge is -2.34. The van der Waals surface area contributed by atoms with Crippen molar-refractivity contribution in [2.24, 2.45) is 5.92 Å². The molecule has 3 aromatic rings. The molecule has 0 bridgehead atoms. The summed E-state index contributed by atoms with van der Waals surface area (Å²) in [6, 6.07) is 11.9. The molecule has 1 unspecified atom stereocenters. The van der Waals surface area contributed by atoms with E-state index in [1.165, 1.54) is 7.11 Å². The summed E-state index contributed by atoms with van der Waals surface area (Å²) in [6.45, 7) is 2.03. The van der Waals surface area contributed by atoms with E-state index in [2.05, 4.69) is 9.88 Å². The molecule has 1 aromatic heterocycles. The van der Waals surface area contributed by atoms with Gasteiger partial charge in [0.15, 0.2) is 0 Å². The van der Waals surface area contributed by atoms with Crippen LogP contribution in [0.5, 0.6) is 5.75 Å². The zero-order chi connectivity index (χ0) is 25.4. The van der Waals surface area contributed by atoms with Crippen LogP contribution in [0, 0.1) is 5.92 Å². The van der Waals surface area contributed by atoms with Crippen molar-refractivity contribution in [2.45, 2.75) is 57.5 Å². The van der Waals surface area contributed by atoms with Gasteiger partial charge in [-0.25, -0.2) is 9.78 Å². The average molecular weight is 493 g/mol. The molecule has 1 saturated carbocycles. The van der Waals surface area contributed by atoms with E-state index in [4.69, 9.17) is 14.5 Å². The molecule has 2 aliphatic rings. The normalized spacial score (nSPS) is 21.6. The second kappa shape index (κ2) is 9.72. The SMILES string of the molecule is COC(=O)N1c2ccc3c(nc(Nc4cccc(OC)c4)n3C3CCC(C(=O)O)CC3)c2CCC1C. The molecular weight excluding hydrogens is 460 g/mol. The van der Waals surface area contributed by atoms with Gasteiger partial charge in [0, 0.05) is 29.4 Å². The first-order chi connectivity index (χ1) is 17.4. The number of hydrogen-bond donors (Lipinski definition) is 2. The fourth-order valence-corrected chi connectivity index (χ4v) is 5.64. The van der Waals surface area contributed by atoms with Gasteiger partial charge in [-0.05, 0) is 69.7 Å². The molecule has 2 N–H and O–H groups in total. The van der Waals surface area contributed by atoms with E-state index >= 15 is 0 Å². The maximum atomic E-state index is 12.6. The van der Waals surface area contributed by atoms with E-state index in [9.17, 15) is 14.7 Å². The third-order valence-corrected chi connectivity index (χ3v) is 7.56. The lowest BCUT2D eigenvalue weighted by atomic mass is 9.86. The number of carboxylic acid groups (broad SMARTS) is 1. The molecule has 0 saturated heterocycles. The number of carbonyl (C=O) groups excluding carboxylic acids is 1. The van der Waals surface area contributed by atoms with Crippen molar-refractivity contribution in [1.29, 1.82) is 0 Å². The number of aryl methyl sites for hydroxylation is 1. The molecule has 1 aliphatic carbocycles. The quantitative estimate of drug-likeness (QED) is 0.484. The molecule has 0 radical (unpaired) electrons. The van der Waals surface area contributed by atoms with Crippen molar-refractivity contribution in [2.75, 3.05) is 24.4 Å². The number of aliphatic carboxylic acids is 1. The van der Waals surface area contributed by atoms with Crippen molar-refractivity contribution in [3.8, 4) is 5.75 Å². The minimum absolute atomic E-state index is 0.0326. The van der Waals surface area contributed by atoms with Crippen LogP contribution in [0.15, 0.2) is 36.4 Å². The van der Waals surface area contributed by atoms with Gasteiger partial charge in [-0.3, -0.25) is 9.69 Å². The highest BCUT2D eigenvalue weighted by Crippen LogP contribution is 2.42. The summed E-state index contributed by atoms with van der Waals surface area (Å²) >= 11 is 0. The number of carboxylic acids is 1. The van der Waals surface area contributed by atoms with Gasteiger partial charge >= 0.3 is 12.1 Å². The summed E-state index contributed by atoms with van der Waals surface area (Å²) in [5.74, 6) is 0.428. The summed E-state index contributed by atoms with van der Waals surface area (Å²) in [7, 11) is 3.04. The second-order valence-corrected chi connectivity index (χ2v) is 9.66. The smallest absolute Gasteiger partial charge is 0.414 e. The van der Waals surface area contributed by atoms with Crippen molar-refractivity contribution < 1.29 is 24.2 Å². The standard InChI is InChI=1S/C27H32N4O5/c1-16-7-12-21-22(30(16)27(34)36-3)13-14-23-24(21)29-26(28-18-5-4-6-20(15-18)35-2)31(23)19-10-8-17(9-11-19)25(32)33/h4-6,13-17,19H,7-12H2,1-3H3,(H,28,29)(H,32,33). The first-order valence-corrected chi connectivity index (χ1v) is 12.5. The number of fused-ring (bicyclic) bond motifs is 3. The van der Waals surface area contributed by atoms with Crippen molar-refractivity contribution in [3.05, 3.63) is 42.0 Å². The van der Waals surface area contributed by atoms with Crippen LogP contribution in [0.1, 0.15) is 50.6 Å². The summed E-state index contributed by atoms with van der Waals surface area (Å²) in [5, 5.41) is 13.0. The van der Waals surface area contributed by atoms with E-state index in [-0.39, 0.29) is 24.1 Å². The van der Waals surface area contributed by atoms with Gasteiger partial charge in [-0.2, -0.15) is 0 Å². The number of amides is 1.